The second kappa shape index (κ2) is 6.76. The molecular weight excluding hydrogens is 388 g/mol. The summed E-state index contributed by atoms with van der Waals surface area (Å²) in [5, 5.41) is 2.80. The van der Waals surface area contributed by atoms with Gasteiger partial charge in [-0.05, 0) is 60.1 Å². The molecule has 0 saturated heterocycles. The van der Waals surface area contributed by atoms with Gasteiger partial charge in [-0.15, -0.1) is 0 Å². The molecule has 1 amide bonds. The van der Waals surface area contributed by atoms with Crippen LogP contribution in [-0.2, 0) is 0 Å². The summed E-state index contributed by atoms with van der Waals surface area (Å²) in [5.41, 5.74) is 2.11. The van der Waals surface area contributed by atoms with Crippen LogP contribution in [0.5, 0.6) is 5.75 Å². The summed E-state index contributed by atoms with van der Waals surface area (Å²) >= 11 is 3.36. The van der Waals surface area contributed by atoms with Crippen LogP contribution in [0.2, 0.25) is 0 Å². The van der Waals surface area contributed by atoms with Gasteiger partial charge < -0.3 is 14.5 Å². The van der Waals surface area contributed by atoms with Gasteiger partial charge >= 0.3 is 5.76 Å². The number of amides is 1. The van der Waals surface area contributed by atoms with E-state index in [1.165, 1.54) is 0 Å². The Morgan fingerprint density at radius 3 is 2.68 bits per heavy atom. The molecule has 0 saturated carbocycles. The zero-order chi connectivity index (χ0) is 18.1. The van der Waals surface area contributed by atoms with Crippen LogP contribution in [0.15, 0.2) is 50.1 Å². The summed E-state index contributed by atoms with van der Waals surface area (Å²) < 4.78 is 12.7. The zero-order valence-corrected chi connectivity index (χ0v) is 15.6. The van der Waals surface area contributed by atoms with Crippen LogP contribution in [-0.4, -0.2) is 17.6 Å². The van der Waals surface area contributed by atoms with Gasteiger partial charge in [-0.25, -0.2) is 4.79 Å². The first kappa shape index (κ1) is 17.3. The number of benzene rings is 2. The standard InChI is InChI=1S/C18H17BrN2O4/c1-10(2)21-15-7-4-11(8-16(15)25-18(21)23)20-17(22)13-9-12(24-3)5-6-14(13)19/h4-10H,1-3H3,(H,20,22). The second-order valence-corrected chi connectivity index (χ2v) is 6.67. The average Bonchev–Trinajstić information content (AvgIpc) is 2.90. The summed E-state index contributed by atoms with van der Waals surface area (Å²) in [5.74, 6) is -0.122. The van der Waals surface area contributed by atoms with Crippen LogP contribution in [0, 0.1) is 0 Å². The Morgan fingerprint density at radius 1 is 1.24 bits per heavy atom. The van der Waals surface area contributed by atoms with E-state index in [1.807, 2.05) is 13.8 Å². The predicted octanol–water partition coefficient (Wildman–Crippen LogP) is 4.20. The molecule has 0 bridgehead atoms. The number of carbonyl (C=O) groups is 1. The van der Waals surface area contributed by atoms with Crippen molar-refractivity contribution in [2.75, 3.05) is 12.4 Å². The van der Waals surface area contributed by atoms with Gasteiger partial charge in [0.05, 0.1) is 18.2 Å². The number of aromatic nitrogens is 1. The van der Waals surface area contributed by atoms with Gasteiger partial charge in [0, 0.05) is 22.3 Å². The molecule has 1 heterocycles. The lowest BCUT2D eigenvalue weighted by Gasteiger charge is -2.09. The minimum atomic E-state index is -0.413. The van der Waals surface area contributed by atoms with E-state index in [4.69, 9.17) is 9.15 Å². The first-order valence-corrected chi connectivity index (χ1v) is 8.50. The summed E-state index contributed by atoms with van der Waals surface area (Å²) in [6.07, 6.45) is 0. The number of ether oxygens (including phenoxy) is 1. The minimum absolute atomic E-state index is 0.0121. The highest BCUT2D eigenvalue weighted by Gasteiger charge is 2.15. The molecule has 0 aliphatic carbocycles. The van der Waals surface area contributed by atoms with E-state index in [-0.39, 0.29) is 11.9 Å². The summed E-state index contributed by atoms with van der Waals surface area (Å²) in [6, 6.07) is 10.3. The van der Waals surface area contributed by atoms with Crippen molar-refractivity contribution >= 4 is 38.6 Å². The number of hydrogen-bond acceptors (Lipinski definition) is 4. The van der Waals surface area contributed by atoms with E-state index < -0.39 is 5.76 Å². The lowest BCUT2D eigenvalue weighted by molar-refractivity contribution is 0.102. The third kappa shape index (κ3) is 3.32. The number of halogens is 1. The molecule has 0 aliphatic rings. The van der Waals surface area contributed by atoms with E-state index >= 15 is 0 Å². The first-order chi connectivity index (χ1) is 11.9. The highest BCUT2D eigenvalue weighted by atomic mass is 79.9. The smallest absolute Gasteiger partial charge is 0.420 e. The van der Waals surface area contributed by atoms with Crippen molar-refractivity contribution in [1.29, 1.82) is 0 Å². The number of nitrogens with one attached hydrogen (secondary N) is 1. The molecule has 25 heavy (non-hydrogen) atoms. The van der Waals surface area contributed by atoms with E-state index in [0.29, 0.717) is 32.6 Å². The van der Waals surface area contributed by atoms with Gasteiger partial charge in [0.15, 0.2) is 5.58 Å². The Bertz CT molecular complexity index is 1000. The molecule has 0 aliphatic heterocycles. The van der Waals surface area contributed by atoms with Gasteiger partial charge in [-0.3, -0.25) is 9.36 Å². The van der Waals surface area contributed by atoms with Crippen LogP contribution in [0.25, 0.3) is 11.1 Å². The third-order valence-electron chi connectivity index (χ3n) is 3.81. The number of carbonyl (C=O) groups excluding carboxylic acids is 1. The maximum absolute atomic E-state index is 12.5. The van der Waals surface area contributed by atoms with E-state index in [0.717, 1.165) is 0 Å². The van der Waals surface area contributed by atoms with Crippen LogP contribution >= 0.6 is 15.9 Å². The summed E-state index contributed by atoms with van der Waals surface area (Å²) in [7, 11) is 1.54. The molecule has 7 heteroatoms. The molecule has 2 aromatic carbocycles. The Morgan fingerprint density at radius 2 is 2.00 bits per heavy atom. The minimum Gasteiger partial charge on any atom is -0.497 e. The van der Waals surface area contributed by atoms with Gasteiger partial charge in [-0.2, -0.15) is 0 Å². The predicted molar refractivity (Wildman–Crippen MR) is 99.5 cm³/mol. The third-order valence-corrected chi connectivity index (χ3v) is 4.50. The highest BCUT2D eigenvalue weighted by Crippen LogP contribution is 2.25. The molecule has 0 fully saturated rings. The van der Waals surface area contributed by atoms with Gasteiger partial charge in [-0.1, -0.05) is 0 Å². The Balaban J connectivity index is 1.93. The molecular formula is C18H17BrN2O4. The lowest BCUT2D eigenvalue weighted by atomic mass is 10.2. The van der Waals surface area contributed by atoms with Crippen molar-refractivity contribution in [3.05, 3.63) is 57.0 Å². The van der Waals surface area contributed by atoms with Crippen molar-refractivity contribution < 1.29 is 13.9 Å². The van der Waals surface area contributed by atoms with E-state index in [1.54, 1.807) is 48.1 Å². The first-order valence-electron chi connectivity index (χ1n) is 7.70. The second-order valence-electron chi connectivity index (χ2n) is 5.81. The number of rotatable bonds is 4. The molecule has 1 N–H and O–H groups in total. The Kier molecular flexibility index (Phi) is 4.67. The van der Waals surface area contributed by atoms with Crippen LogP contribution in [0.1, 0.15) is 30.2 Å². The van der Waals surface area contributed by atoms with E-state index in [2.05, 4.69) is 21.2 Å². The van der Waals surface area contributed by atoms with Gasteiger partial charge in [0.2, 0.25) is 0 Å². The zero-order valence-electron chi connectivity index (χ0n) is 14.0. The average molecular weight is 405 g/mol. The van der Waals surface area contributed by atoms with Gasteiger partial charge in [0.25, 0.3) is 5.91 Å². The number of methoxy groups -OCH3 is 1. The monoisotopic (exact) mass is 404 g/mol. The number of hydrogen-bond donors (Lipinski definition) is 1. The lowest BCUT2D eigenvalue weighted by Crippen LogP contribution is -2.16. The summed E-state index contributed by atoms with van der Waals surface area (Å²) in [4.78, 5) is 24.5. The molecule has 130 valence electrons. The van der Waals surface area contributed by atoms with Crippen molar-refractivity contribution in [3.8, 4) is 5.75 Å². The fourth-order valence-electron chi connectivity index (χ4n) is 2.61. The topological polar surface area (TPSA) is 73.5 Å². The molecule has 6 nitrogen and oxygen atoms in total. The molecule has 0 unspecified atom stereocenters. The molecule has 3 aromatic rings. The molecule has 1 aromatic heterocycles. The largest absolute Gasteiger partial charge is 0.497 e. The van der Waals surface area contributed by atoms with Crippen molar-refractivity contribution in [2.45, 2.75) is 19.9 Å². The summed E-state index contributed by atoms with van der Waals surface area (Å²) in [6.45, 7) is 3.82. The van der Waals surface area contributed by atoms with Gasteiger partial charge in [0.1, 0.15) is 5.75 Å². The molecule has 0 spiro atoms. The molecule has 3 rings (SSSR count). The normalized spacial score (nSPS) is 11.1. The van der Waals surface area contributed by atoms with Crippen molar-refractivity contribution in [2.24, 2.45) is 0 Å². The maximum atomic E-state index is 12.5. The van der Waals surface area contributed by atoms with Crippen LogP contribution in [0.4, 0.5) is 5.69 Å². The maximum Gasteiger partial charge on any atom is 0.420 e. The van der Waals surface area contributed by atoms with E-state index in [9.17, 15) is 9.59 Å². The fraction of sp³-hybridized carbons (Fsp3) is 0.222. The molecule has 0 radical (unpaired) electrons. The SMILES string of the molecule is COc1ccc(Br)c(C(=O)Nc2ccc3c(c2)oc(=O)n3C(C)C)c1. The highest BCUT2D eigenvalue weighted by molar-refractivity contribution is 9.10. The quantitative estimate of drug-likeness (QED) is 0.706. The van der Waals surface area contributed by atoms with Crippen LogP contribution in [0.3, 0.4) is 0 Å². The number of anilines is 1. The fourth-order valence-corrected chi connectivity index (χ4v) is 3.03. The molecule has 0 atom stereocenters. The number of fused-ring (bicyclic) bond motifs is 1. The Hall–Kier alpha value is -2.54. The number of oxazole rings is 1. The van der Waals surface area contributed by atoms with Crippen LogP contribution < -0.4 is 15.8 Å². The van der Waals surface area contributed by atoms with Crippen molar-refractivity contribution in [1.82, 2.24) is 4.57 Å². The van der Waals surface area contributed by atoms with Crippen molar-refractivity contribution in [3.63, 3.8) is 0 Å². The number of nitrogens with zero attached hydrogens (tertiary/aromatic N) is 1. The Labute approximate surface area is 152 Å².